The summed E-state index contributed by atoms with van der Waals surface area (Å²) in [7, 11) is 0. The Bertz CT molecular complexity index is 598. The maximum absolute atomic E-state index is 4.76. The molecule has 1 heterocycles. The summed E-state index contributed by atoms with van der Waals surface area (Å²) >= 11 is 0. The van der Waals surface area contributed by atoms with Crippen molar-refractivity contribution < 1.29 is 0 Å². The number of rotatable bonds is 5. The molecule has 1 aromatic carbocycles. The fraction of sp³-hybridized carbons (Fsp3) is 0.444. The van der Waals surface area contributed by atoms with Crippen molar-refractivity contribution >= 4 is 5.82 Å². The zero-order valence-electron chi connectivity index (χ0n) is 13.7. The van der Waals surface area contributed by atoms with Crippen LogP contribution in [0, 0.1) is 19.8 Å². The fourth-order valence-corrected chi connectivity index (χ4v) is 2.52. The van der Waals surface area contributed by atoms with E-state index in [4.69, 9.17) is 4.98 Å². The zero-order valence-corrected chi connectivity index (χ0v) is 13.7. The van der Waals surface area contributed by atoms with Crippen LogP contribution in [0.25, 0.3) is 11.4 Å². The van der Waals surface area contributed by atoms with E-state index in [1.54, 1.807) is 0 Å². The molecule has 0 unspecified atom stereocenters. The van der Waals surface area contributed by atoms with Crippen molar-refractivity contribution in [2.75, 3.05) is 11.9 Å². The molecule has 2 rings (SSSR count). The lowest BCUT2D eigenvalue weighted by molar-refractivity contribution is 0.635. The maximum Gasteiger partial charge on any atom is 0.161 e. The molecule has 112 valence electrons. The van der Waals surface area contributed by atoms with E-state index in [2.05, 4.69) is 69.2 Å². The average Bonchev–Trinajstić information content (AvgIpc) is 2.36. The number of anilines is 1. The van der Waals surface area contributed by atoms with Crippen LogP contribution in [0.1, 0.15) is 37.6 Å². The molecule has 1 N–H and O–H groups in total. The molecule has 3 nitrogen and oxygen atoms in total. The molecule has 1 aromatic heterocycles. The van der Waals surface area contributed by atoms with Gasteiger partial charge in [0.15, 0.2) is 5.82 Å². The van der Waals surface area contributed by atoms with E-state index in [1.165, 1.54) is 11.1 Å². The molecule has 0 aliphatic carbocycles. The summed E-state index contributed by atoms with van der Waals surface area (Å²) in [6.07, 6.45) is 0.971. The summed E-state index contributed by atoms with van der Waals surface area (Å²) < 4.78 is 0. The standard InChI is InChI=1S/C18H25N3/c1-6-19-17-11-16(7-12(2)3)20-18(21-17)15-9-13(4)8-14(5)10-15/h8-12H,6-7H2,1-5H3,(H,19,20,21). The van der Waals surface area contributed by atoms with Crippen LogP contribution < -0.4 is 5.32 Å². The van der Waals surface area contributed by atoms with Gasteiger partial charge in [0.25, 0.3) is 0 Å². The Morgan fingerprint density at radius 3 is 2.24 bits per heavy atom. The van der Waals surface area contributed by atoms with E-state index < -0.39 is 0 Å². The van der Waals surface area contributed by atoms with E-state index in [-0.39, 0.29) is 0 Å². The van der Waals surface area contributed by atoms with Crippen LogP contribution in [-0.4, -0.2) is 16.5 Å². The van der Waals surface area contributed by atoms with Crippen molar-refractivity contribution in [3.8, 4) is 11.4 Å². The van der Waals surface area contributed by atoms with Gasteiger partial charge in [-0.1, -0.05) is 31.0 Å². The predicted molar refractivity (Wildman–Crippen MR) is 89.6 cm³/mol. The highest BCUT2D eigenvalue weighted by molar-refractivity contribution is 5.60. The summed E-state index contributed by atoms with van der Waals surface area (Å²) in [6, 6.07) is 8.54. The number of nitrogens with one attached hydrogen (secondary N) is 1. The lowest BCUT2D eigenvalue weighted by atomic mass is 10.1. The number of benzene rings is 1. The second-order valence-electron chi connectivity index (χ2n) is 6.07. The van der Waals surface area contributed by atoms with Crippen LogP contribution in [0.5, 0.6) is 0 Å². The Kier molecular flexibility index (Phi) is 4.94. The Hall–Kier alpha value is -1.90. The Morgan fingerprint density at radius 1 is 1.00 bits per heavy atom. The molecule has 0 spiro atoms. The van der Waals surface area contributed by atoms with Crippen molar-refractivity contribution in [3.05, 3.63) is 41.1 Å². The number of nitrogens with zero attached hydrogens (tertiary/aromatic N) is 2. The van der Waals surface area contributed by atoms with Crippen LogP contribution in [-0.2, 0) is 6.42 Å². The molecule has 0 saturated heterocycles. The molecule has 21 heavy (non-hydrogen) atoms. The predicted octanol–water partition coefficient (Wildman–Crippen LogP) is 4.39. The minimum atomic E-state index is 0.585. The Labute approximate surface area is 127 Å². The Balaban J connectivity index is 2.47. The third kappa shape index (κ3) is 4.28. The Morgan fingerprint density at radius 2 is 1.67 bits per heavy atom. The van der Waals surface area contributed by atoms with Crippen LogP contribution in [0.3, 0.4) is 0 Å². The highest BCUT2D eigenvalue weighted by Crippen LogP contribution is 2.22. The second-order valence-corrected chi connectivity index (χ2v) is 6.07. The molecule has 0 bridgehead atoms. The zero-order chi connectivity index (χ0) is 15.4. The summed E-state index contributed by atoms with van der Waals surface area (Å²) in [5, 5.41) is 3.31. The molecule has 0 radical (unpaired) electrons. The number of hydrogen-bond acceptors (Lipinski definition) is 3. The third-order valence-electron chi connectivity index (χ3n) is 3.23. The molecule has 3 heteroatoms. The van der Waals surface area contributed by atoms with Gasteiger partial charge in [-0.15, -0.1) is 0 Å². The molecule has 0 fully saturated rings. The summed E-state index contributed by atoms with van der Waals surface area (Å²) in [5.41, 5.74) is 4.68. The molecule has 0 aliphatic rings. The van der Waals surface area contributed by atoms with E-state index in [0.29, 0.717) is 5.92 Å². The molecular formula is C18H25N3. The quantitative estimate of drug-likeness (QED) is 0.884. The number of aromatic nitrogens is 2. The van der Waals surface area contributed by atoms with E-state index >= 15 is 0 Å². The van der Waals surface area contributed by atoms with Crippen LogP contribution in [0.15, 0.2) is 24.3 Å². The molecule has 0 amide bonds. The van der Waals surface area contributed by atoms with Gasteiger partial charge >= 0.3 is 0 Å². The van der Waals surface area contributed by atoms with Gasteiger partial charge in [-0.3, -0.25) is 0 Å². The minimum absolute atomic E-state index is 0.585. The first kappa shape index (κ1) is 15.5. The van der Waals surface area contributed by atoms with E-state index in [1.807, 2.05) is 0 Å². The van der Waals surface area contributed by atoms with Crippen LogP contribution in [0.4, 0.5) is 5.82 Å². The molecule has 0 saturated carbocycles. The summed E-state index contributed by atoms with van der Waals surface area (Å²) in [5.74, 6) is 2.31. The SMILES string of the molecule is CCNc1cc(CC(C)C)nc(-c2cc(C)cc(C)c2)n1. The van der Waals surface area contributed by atoms with Crippen molar-refractivity contribution in [2.24, 2.45) is 5.92 Å². The minimum Gasteiger partial charge on any atom is -0.370 e. The van der Waals surface area contributed by atoms with E-state index in [0.717, 1.165) is 35.9 Å². The fourth-order valence-electron chi connectivity index (χ4n) is 2.52. The molecule has 0 atom stereocenters. The third-order valence-corrected chi connectivity index (χ3v) is 3.23. The van der Waals surface area contributed by atoms with Gasteiger partial charge in [0.1, 0.15) is 5.82 Å². The molecular weight excluding hydrogens is 258 g/mol. The van der Waals surface area contributed by atoms with Crippen molar-refractivity contribution in [1.29, 1.82) is 0 Å². The van der Waals surface area contributed by atoms with Gasteiger partial charge in [-0.05, 0) is 45.2 Å². The highest BCUT2D eigenvalue weighted by Gasteiger charge is 2.09. The second kappa shape index (κ2) is 6.70. The first-order chi connectivity index (χ1) is 9.97. The van der Waals surface area contributed by atoms with Crippen LogP contribution in [0.2, 0.25) is 0 Å². The molecule has 0 aliphatic heterocycles. The maximum atomic E-state index is 4.76. The number of aryl methyl sites for hydroxylation is 2. The van der Waals surface area contributed by atoms with Crippen molar-refractivity contribution in [3.63, 3.8) is 0 Å². The van der Waals surface area contributed by atoms with Gasteiger partial charge in [0.05, 0.1) is 0 Å². The largest absolute Gasteiger partial charge is 0.370 e. The van der Waals surface area contributed by atoms with Gasteiger partial charge in [0.2, 0.25) is 0 Å². The van der Waals surface area contributed by atoms with Crippen LogP contribution >= 0.6 is 0 Å². The van der Waals surface area contributed by atoms with Gasteiger partial charge in [-0.25, -0.2) is 9.97 Å². The number of hydrogen-bond donors (Lipinski definition) is 1. The lowest BCUT2D eigenvalue weighted by Crippen LogP contribution is -2.06. The highest BCUT2D eigenvalue weighted by atomic mass is 15.0. The molecule has 2 aromatic rings. The monoisotopic (exact) mass is 283 g/mol. The topological polar surface area (TPSA) is 37.8 Å². The van der Waals surface area contributed by atoms with Gasteiger partial charge in [0, 0.05) is 23.9 Å². The summed E-state index contributed by atoms with van der Waals surface area (Å²) in [4.78, 5) is 9.42. The lowest BCUT2D eigenvalue weighted by Gasteiger charge is -2.11. The van der Waals surface area contributed by atoms with E-state index in [9.17, 15) is 0 Å². The van der Waals surface area contributed by atoms with Crippen molar-refractivity contribution in [2.45, 2.75) is 41.0 Å². The van der Waals surface area contributed by atoms with Gasteiger partial charge in [-0.2, -0.15) is 0 Å². The average molecular weight is 283 g/mol. The first-order valence-corrected chi connectivity index (χ1v) is 7.68. The summed E-state index contributed by atoms with van der Waals surface area (Å²) in [6.45, 7) is 11.6. The first-order valence-electron chi connectivity index (χ1n) is 7.68. The smallest absolute Gasteiger partial charge is 0.161 e. The van der Waals surface area contributed by atoms with Crippen molar-refractivity contribution in [1.82, 2.24) is 9.97 Å². The van der Waals surface area contributed by atoms with Gasteiger partial charge < -0.3 is 5.32 Å². The normalized spacial score (nSPS) is 11.0.